The Morgan fingerprint density at radius 1 is 1.28 bits per heavy atom. The first-order valence-electron chi connectivity index (χ1n) is 5.19. The van der Waals surface area contributed by atoms with Crippen molar-refractivity contribution in [2.75, 3.05) is 11.1 Å². The van der Waals surface area contributed by atoms with Gasteiger partial charge in [0.15, 0.2) is 10.9 Å². The van der Waals surface area contributed by atoms with Gasteiger partial charge in [-0.1, -0.05) is 0 Å². The number of nitrogens with zero attached hydrogens (tertiary/aromatic N) is 1. The molecule has 0 radical (unpaired) electrons. The molecule has 3 N–H and O–H groups in total. The van der Waals surface area contributed by atoms with Gasteiger partial charge >= 0.3 is 0 Å². The average Bonchev–Trinajstić information content (AvgIpc) is 2.78. The molecule has 18 heavy (non-hydrogen) atoms. The fraction of sp³-hybridized carbons (Fsp3) is 0.0833. The van der Waals surface area contributed by atoms with Gasteiger partial charge in [0.1, 0.15) is 5.69 Å². The number of hydrogen-bond acceptors (Lipinski definition) is 5. The number of hydrogen-bond donors (Lipinski definition) is 2. The molecule has 5 nitrogen and oxygen atoms in total. The summed E-state index contributed by atoms with van der Waals surface area (Å²) in [5.74, 6) is -0.404. The predicted molar refractivity (Wildman–Crippen MR) is 70.9 cm³/mol. The summed E-state index contributed by atoms with van der Waals surface area (Å²) in [7, 11) is 0. The van der Waals surface area contributed by atoms with Crippen LogP contribution in [0.25, 0.3) is 0 Å². The summed E-state index contributed by atoms with van der Waals surface area (Å²) in [6.07, 6.45) is 0. The Kier molecular flexibility index (Phi) is 3.38. The van der Waals surface area contributed by atoms with E-state index in [1.54, 1.807) is 29.6 Å². The summed E-state index contributed by atoms with van der Waals surface area (Å²) in [5, 5.41) is 4.65. The molecule has 0 saturated heterocycles. The van der Waals surface area contributed by atoms with E-state index in [2.05, 4.69) is 10.3 Å². The van der Waals surface area contributed by atoms with Crippen LogP contribution in [-0.4, -0.2) is 16.7 Å². The lowest BCUT2D eigenvalue weighted by molar-refractivity contribution is 0.100. The normalized spacial score (nSPS) is 10.1. The summed E-state index contributed by atoms with van der Waals surface area (Å²) in [4.78, 5) is 26.9. The molecule has 0 fully saturated rings. The van der Waals surface area contributed by atoms with Crippen LogP contribution < -0.4 is 11.1 Å². The standard InChI is InChI=1S/C12H11N3O2S/c1-7(16)10-6-18-12(14-10)15-11(17)8-2-4-9(13)5-3-8/h2-6H,13H2,1H3,(H,14,15,17). The minimum Gasteiger partial charge on any atom is -0.399 e. The highest BCUT2D eigenvalue weighted by Gasteiger charge is 2.10. The lowest BCUT2D eigenvalue weighted by atomic mass is 10.2. The van der Waals surface area contributed by atoms with Crippen molar-refractivity contribution >= 4 is 33.8 Å². The fourth-order valence-corrected chi connectivity index (χ4v) is 2.04. The van der Waals surface area contributed by atoms with Crippen molar-refractivity contribution in [2.45, 2.75) is 6.92 Å². The number of benzene rings is 1. The molecule has 92 valence electrons. The first-order chi connectivity index (χ1) is 8.56. The van der Waals surface area contributed by atoms with E-state index in [1.165, 1.54) is 18.3 Å². The highest BCUT2D eigenvalue weighted by atomic mass is 32.1. The van der Waals surface area contributed by atoms with E-state index in [1.807, 2.05) is 0 Å². The Labute approximate surface area is 108 Å². The maximum Gasteiger partial charge on any atom is 0.257 e. The zero-order valence-corrected chi connectivity index (χ0v) is 10.5. The molecule has 1 aromatic carbocycles. The van der Waals surface area contributed by atoms with Crippen LogP contribution >= 0.6 is 11.3 Å². The van der Waals surface area contributed by atoms with E-state index < -0.39 is 0 Å². The molecule has 1 aromatic heterocycles. The van der Waals surface area contributed by atoms with Crippen LogP contribution in [-0.2, 0) is 0 Å². The van der Waals surface area contributed by atoms with Crippen molar-refractivity contribution in [3.8, 4) is 0 Å². The van der Waals surface area contributed by atoms with Crippen molar-refractivity contribution < 1.29 is 9.59 Å². The van der Waals surface area contributed by atoms with Crippen LogP contribution in [0.15, 0.2) is 29.6 Å². The van der Waals surface area contributed by atoms with Gasteiger partial charge in [-0.2, -0.15) is 0 Å². The van der Waals surface area contributed by atoms with Gasteiger partial charge in [-0.25, -0.2) is 4.98 Å². The number of Topliss-reactive ketones (excluding diaryl/α,β-unsaturated/α-hetero) is 1. The van der Waals surface area contributed by atoms with Crippen molar-refractivity contribution in [1.82, 2.24) is 4.98 Å². The quantitative estimate of drug-likeness (QED) is 0.655. The molecule has 0 atom stereocenters. The van der Waals surface area contributed by atoms with Gasteiger partial charge in [0.25, 0.3) is 5.91 Å². The molecule has 2 aromatic rings. The molecule has 0 aliphatic rings. The molecule has 0 saturated carbocycles. The highest BCUT2D eigenvalue weighted by molar-refractivity contribution is 7.14. The molecule has 1 heterocycles. The van der Waals surface area contributed by atoms with E-state index in [0.717, 1.165) is 0 Å². The Morgan fingerprint density at radius 2 is 1.94 bits per heavy atom. The van der Waals surface area contributed by atoms with Crippen LogP contribution in [0.1, 0.15) is 27.8 Å². The second-order valence-electron chi connectivity index (χ2n) is 3.67. The van der Waals surface area contributed by atoms with E-state index in [4.69, 9.17) is 5.73 Å². The second-order valence-corrected chi connectivity index (χ2v) is 4.53. The van der Waals surface area contributed by atoms with Crippen molar-refractivity contribution in [3.05, 3.63) is 40.9 Å². The summed E-state index contributed by atoms with van der Waals surface area (Å²) in [6.45, 7) is 1.43. The third-order valence-electron chi connectivity index (χ3n) is 2.26. The molecule has 0 aliphatic carbocycles. The van der Waals surface area contributed by atoms with E-state index in [0.29, 0.717) is 22.1 Å². The third-order valence-corrected chi connectivity index (χ3v) is 3.02. The monoisotopic (exact) mass is 261 g/mol. The first-order valence-corrected chi connectivity index (χ1v) is 6.07. The maximum atomic E-state index is 11.8. The lowest BCUT2D eigenvalue weighted by Crippen LogP contribution is -2.11. The third kappa shape index (κ3) is 2.72. The van der Waals surface area contributed by atoms with Gasteiger partial charge in [-0.3, -0.25) is 14.9 Å². The maximum absolute atomic E-state index is 11.8. The van der Waals surface area contributed by atoms with Crippen LogP contribution in [0.5, 0.6) is 0 Å². The van der Waals surface area contributed by atoms with Crippen LogP contribution in [0.2, 0.25) is 0 Å². The topological polar surface area (TPSA) is 85.1 Å². The first kappa shape index (κ1) is 12.3. The zero-order valence-electron chi connectivity index (χ0n) is 9.64. The molecule has 1 amide bonds. The Hall–Kier alpha value is -2.21. The number of anilines is 2. The molecular formula is C12H11N3O2S. The number of aromatic nitrogens is 1. The van der Waals surface area contributed by atoms with Gasteiger partial charge in [0.05, 0.1) is 0 Å². The summed E-state index contributed by atoms with van der Waals surface area (Å²) < 4.78 is 0. The molecule has 0 bridgehead atoms. The van der Waals surface area contributed by atoms with Gasteiger partial charge in [0.2, 0.25) is 0 Å². The number of ketones is 1. The Balaban J connectivity index is 2.11. The summed E-state index contributed by atoms with van der Waals surface area (Å²) in [6, 6.07) is 6.56. The largest absolute Gasteiger partial charge is 0.399 e. The average molecular weight is 261 g/mol. The lowest BCUT2D eigenvalue weighted by Gasteiger charge is -2.01. The summed E-state index contributed by atoms with van der Waals surface area (Å²) >= 11 is 1.22. The number of nitrogens with one attached hydrogen (secondary N) is 1. The number of nitrogens with two attached hydrogens (primary N) is 1. The Bertz CT molecular complexity index is 590. The number of rotatable bonds is 3. The van der Waals surface area contributed by atoms with Crippen LogP contribution in [0.4, 0.5) is 10.8 Å². The second kappa shape index (κ2) is 4.97. The van der Waals surface area contributed by atoms with Gasteiger partial charge in [-0.05, 0) is 24.3 Å². The molecular weight excluding hydrogens is 250 g/mol. The van der Waals surface area contributed by atoms with Crippen molar-refractivity contribution in [2.24, 2.45) is 0 Å². The molecule has 6 heteroatoms. The SMILES string of the molecule is CC(=O)c1csc(NC(=O)c2ccc(N)cc2)n1. The smallest absolute Gasteiger partial charge is 0.257 e. The van der Waals surface area contributed by atoms with E-state index in [9.17, 15) is 9.59 Å². The number of nitrogen functional groups attached to an aromatic ring is 1. The minimum atomic E-state index is -0.278. The van der Waals surface area contributed by atoms with Crippen LogP contribution in [0, 0.1) is 0 Å². The van der Waals surface area contributed by atoms with Gasteiger partial charge in [0, 0.05) is 23.6 Å². The molecule has 2 rings (SSSR count). The molecule has 0 unspecified atom stereocenters. The summed E-state index contributed by atoms with van der Waals surface area (Å²) in [5.41, 5.74) is 6.98. The van der Waals surface area contributed by atoms with Gasteiger partial charge in [-0.15, -0.1) is 11.3 Å². The minimum absolute atomic E-state index is 0.126. The number of carbonyl (C=O) groups excluding carboxylic acids is 2. The number of thiazole rings is 1. The van der Waals surface area contributed by atoms with E-state index in [-0.39, 0.29) is 11.7 Å². The zero-order chi connectivity index (χ0) is 13.1. The van der Waals surface area contributed by atoms with Crippen molar-refractivity contribution in [3.63, 3.8) is 0 Å². The van der Waals surface area contributed by atoms with Crippen LogP contribution in [0.3, 0.4) is 0 Å². The molecule has 0 spiro atoms. The Morgan fingerprint density at radius 3 is 2.50 bits per heavy atom. The number of amides is 1. The van der Waals surface area contributed by atoms with Crippen molar-refractivity contribution in [1.29, 1.82) is 0 Å². The molecule has 0 aliphatic heterocycles. The fourth-order valence-electron chi connectivity index (χ4n) is 1.30. The number of carbonyl (C=O) groups is 2. The highest BCUT2D eigenvalue weighted by Crippen LogP contribution is 2.17. The predicted octanol–water partition coefficient (Wildman–Crippen LogP) is 2.18. The van der Waals surface area contributed by atoms with E-state index >= 15 is 0 Å². The van der Waals surface area contributed by atoms with Gasteiger partial charge < -0.3 is 5.73 Å².